The smallest absolute Gasteiger partial charge is 0.412 e. The molecule has 13 heteroatoms. The number of aliphatic hydroxyl groups is 2. The van der Waals surface area contributed by atoms with Gasteiger partial charge in [0, 0.05) is 37.7 Å². The van der Waals surface area contributed by atoms with Crippen LogP contribution in [0.25, 0.3) is 10.8 Å². The first-order valence-electron chi connectivity index (χ1n) is 27.5. The molecule has 12 nitrogen and oxygen atoms in total. The number of unbranched alkanes of at least 4 members (excludes halogenated alkanes) is 11. The van der Waals surface area contributed by atoms with Crippen molar-refractivity contribution in [1.82, 2.24) is 10.2 Å². The van der Waals surface area contributed by atoms with Crippen LogP contribution in [0.1, 0.15) is 139 Å². The summed E-state index contributed by atoms with van der Waals surface area (Å²) in [7, 11) is 0. The van der Waals surface area contributed by atoms with Gasteiger partial charge in [-0.15, -0.1) is 18.2 Å². The number of halogens is 1. The number of aliphatic hydroxyl groups excluding tert-OH is 2. The van der Waals surface area contributed by atoms with Crippen LogP contribution in [0.4, 0.5) is 9.59 Å². The van der Waals surface area contributed by atoms with Crippen molar-refractivity contribution in [2.75, 3.05) is 38.9 Å². The van der Waals surface area contributed by atoms with Crippen LogP contribution in [-0.2, 0) is 27.5 Å². The van der Waals surface area contributed by atoms with E-state index in [0.29, 0.717) is 36.6 Å². The lowest BCUT2D eigenvalue weighted by Crippen LogP contribution is -2.70. The van der Waals surface area contributed by atoms with Crippen LogP contribution in [0.5, 0.6) is 11.5 Å². The number of allylic oxidation sites excluding steroid dienone is 1. The Hall–Kier alpha value is -5.40. The zero-order valence-electron chi connectivity index (χ0n) is 43.6. The number of alkyl halides is 1. The second-order valence-electron chi connectivity index (χ2n) is 20.1. The van der Waals surface area contributed by atoms with Crippen LogP contribution < -0.4 is 14.8 Å². The quantitative estimate of drug-likeness (QED) is 0.0194. The number of amides is 2. The van der Waals surface area contributed by atoms with Gasteiger partial charge in [-0.1, -0.05) is 168 Å². The molecule has 0 bridgehead atoms. The SMILES string of the molecule is C=CCO[C@@]12Oc3ccc(OC(=O)NCCCCCCCCCCCC)cc3[C@H]3[C@H](CCCCO)[C@@H](CCCCO)C=C(C(=NOCc4ccccc4)C[C@@H]1N(Cc1cccc4ccccc14)C(=O)OCCCl)[C@H]32. The standard InChI is InChI=1S/C61H80ClN3O9/c1-3-5-6-7-8-9-10-11-12-20-35-63-59(68)73-49-32-33-55-53(41-49)57-51(31-19-22-37-67)47(27-18-21-36-66)40-52-54(64-72-44-45-24-14-13-15-25-45)42-56(61(74-55,58(52)57)71-38-4-2)65(60(69)70-39-34-62)43-48-29-23-28-46-26-16-17-30-50(46)48/h4,13-17,23-26,28-30,32-33,40-41,47,51,56-58,66-67H,2-3,5-12,18-22,27,31,34-39,42-44H2,1H3,(H,63,68)/t47-,51+,56-,57+,58+,61+/m0/s1. The molecule has 0 saturated heterocycles. The maximum Gasteiger partial charge on any atom is 0.412 e. The highest BCUT2D eigenvalue weighted by atomic mass is 35.5. The van der Waals surface area contributed by atoms with Crippen molar-refractivity contribution in [2.24, 2.45) is 22.9 Å². The number of ether oxygens (including phenoxy) is 4. The number of rotatable bonds is 31. The van der Waals surface area contributed by atoms with Crippen LogP contribution in [0, 0.1) is 17.8 Å². The zero-order chi connectivity index (χ0) is 52.0. The van der Waals surface area contributed by atoms with Gasteiger partial charge in [-0.05, 0) is 89.6 Å². The van der Waals surface area contributed by atoms with Gasteiger partial charge in [0.2, 0.25) is 5.79 Å². The minimum absolute atomic E-state index is 0.00447. The molecule has 74 heavy (non-hydrogen) atoms. The lowest BCUT2D eigenvalue weighted by atomic mass is 9.55. The summed E-state index contributed by atoms with van der Waals surface area (Å²) in [5.74, 6) is -1.47. The summed E-state index contributed by atoms with van der Waals surface area (Å²) in [6, 6.07) is 28.7. The summed E-state index contributed by atoms with van der Waals surface area (Å²) in [5.41, 5.74) is 4.24. The Morgan fingerprint density at radius 1 is 0.865 bits per heavy atom. The van der Waals surface area contributed by atoms with Gasteiger partial charge in [0.1, 0.15) is 30.8 Å². The van der Waals surface area contributed by atoms with Gasteiger partial charge in [0.05, 0.1) is 30.7 Å². The van der Waals surface area contributed by atoms with Crippen molar-refractivity contribution in [3.05, 3.63) is 132 Å². The molecular weight excluding hydrogens is 954 g/mol. The van der Waals surface area contributed by atoms with E-state index < -0.39 is 29.9 Å². The molecule has 0 spiro atoms. The van der Waals surface area contributed by atoms with Crippen LogP contribution in [0.3, 0.4) is 0 Å². The fraction of sp³-hybridized carbons (Fsp3) is 0.525. The number of carbonyl (C=O) groups excluding carboxylic acids is 2. The third kappa shape index (κ3) is 14.7. The van der Waals surface area contributed by atoms with E-state index >= 15 is 0 Å². The van der Waals surface area contributed by atoms with E-state index in [-0.39, 0.29) is 69.6 Å². The predicted molar refractivity (Wildman–Crippen MR) is 294 cm³/mol. The molecule has 1 saturated carbocycles. The van der Waals surface area contributed by atoms with E-state index in [1.807, 2.05) is 66.7 Å². The average Bonchev–Trinajstić information content (AvgIpc) is 3.42. The Balaban J connectivity index is 1.31. The maximum atomic E-state index is 14.9. The van der Waals surface area contributed by atoms with Crippen molar-refractivity contribution < 1.29 is 43.6 Å². The van der Waals surface area contributed by atoms with E-state index in [1.54, 1.807) is 17.0 Å². The minimum Gasteiger partial charge on any atom is -0.459 e. The fourth-order valence-corrected chi connectivity index (χ4v) is 11.6. The maximum absolute atomic E-state index is 14.9. The van der Waals surface area contributed by atoms with Gasteiger partial charge >= 0.3 is 12.2 Å². The van der Waals surface area contributed by atoms with Gasteiger partial charge in [0.25, 0.3) is 0 Å². The first-order valence-corrected chi connectivity index (χ1v) is 28.0. The Labute approximate surface area is 444 Å². The second kappa shape index (κ2) is 29.6. The molecule has 3 aliphatic rings. The van der Waals surface area contributed by atoms with Gasteiger partial charge in [-0.25, -0.2) is 9.59 Å². The molecule has 2 amide bonds. The summed E-state index contributed by atoms with van der Waals surface area (Å²) in [5, 5.41) is 30.1. The molecular formula is C61H80ClN3O9. The Morgan fingerprint density at radius 2 is 1.58 bits per heavy atom. The van der Waals surface area contributed by atoms with Gasteiger partial charge in [0.15, 0.2) is 0 Å². The lowest BCUT2D eigenvalue weighted by molar-refractivity contribution is -0.256. The molecule has 400 valence electrons. The third-order valence-corrected chi connectivity index (χ3v) is 15.2. The van der Waals surface area contributed by atoms with Gasteiger partial charge in [-0.3, -0.25) is 4.90 Å². The molecule has 7 rings (SSSR count). The van der Waals surface area contributed by atoms with Crippen LogP contribution in [-0.4, -0.2) is 83.7 Å². The topological polar surface area (TPSA) is 148 Å². The molecule has 4 aromatic carbocycles. The largest absolute Gasteiger partial charge is 0.459 e. The Bertz CT molecular complexity index is 2440. The summed E-state index contributed by atoms with van der Waals surface area (Å²) >= 11 is 6.21. The molecule has 3 N–H and O–H groups in total. The molecule has 2 aliphatic carbocycles. The number of hydrogen-bond donors (Lipinski definition) is 3. The van der Waals surface area contributed by atoms with E-state index in [1.165, 1.54) is 44.9 Å². The summed E-state index contributed by atoms with van der Waals surface area (Å²) < 4.78 is 26.7. The van der Waals surface area contributed by atoms with Crippen molar-refractivity contribution in [2.45, 2.75) is 147 Å². The number of hydrogen-bond acceptors (Lipinski definition) is 10. The normalized spacial score (nSPS) is 21.2. The number of nitrogens with zero attached hydrogens (tertiary/aromatic N) is 2. The average molecular weight is 1030 g/mol. The first kappa shape index (κ1) is 56.3. The van der Waals surface area contributed by atoms with E-state index in [9.17, 15) is 19.8 Å². The van der Waals surface area contributed by atoms with E-state index in [2.05, 4.69) is 43.1 Å². The molecule has 1 fully saturated rings. The predicted octanol–water partition coefficient (Wildman–Crippen LogP) is 13.6. The molecule has 0 unspecified atom stereocenters. The molecule has 0 aromatic heterocycles. The number of carbonyl (C=O) groups is 2. The van der Waals surface area contributed by atoms with Crippen molar-refractivity contribution in [3.63, 3.8) is 0 Å². The summed E-state index contributed by atoms with van der Waals surface area (Å²) in [4.78, 5) is 36.4. The van der Waals surface area contributed by atoms with Gasteiger partial charge < -0.3 is 39.3 Å². The Kier molecular flexibility index (Phi) is 22.6. The lowest BCUT2D eigenvalue weighted by Gasteiger charge is -2.59. The molecule has 1 aliphatic heterocycles. The highest BCUT2D eigenvalue weighted by molar-refractivity contribution is 6.18. The summed E-state index contributed by atoms with van der Waals surface area (Å²) in [6.45, 7) is 7.42. The summed E-state index contributed by atoms with van der Waals surface area (Å²) in [6.07, 6.45) is 19.4. The Morgan fingerprint density at radius 3 is 2.32 bits per heavy atom. The first-order chi connectivity index (χ1) is 36.3. The monoisotopic (exact) mass is 1030 g/mol. The van der Waals surface area contributed by atoms with E-state index in [4.69, 9.17) is 40.5 Å². The minimum atomic E-state index is -1.54. The number of oxime groups is 1. The fourth-order valence-electron chi connectivity index (χ4n) is 11.5. The number of nitrogens with one attached hydrogen (secondary N) is 1. The van der Waals surface area contributed by atoms with Gasteiger partial charge in [-0.2, -0.15) is 0 Å². The van der Waals surface area contributed by atoms with E-state index in [0.717, 1.165) is 78.0 Å². The van der Waals surface area contributed by atoms with Crippen LogP contribution >= 0.6 is 11.6 Å². The highest BCUT2D eigenvalue weighted by Gasteiger charge is 2.66. The second-order valence-corrected chi connectivity index (χ2v) is 20.5. The van der Waals surface area contributed by atoms with Crippen LogP contribution in [0.2, 0.25) is 0 Å². The van der Waals surface area contributed by atoms with Crippen molar-refractivity contribution in [3.8, 4) is 11.5 Å². The number of benzene rings is 4. The van der Waals surface area contributed by atoms with Crippen LogP contribution in [0.15, 0.2) is 120 Å². The number of fused-ring (bicyclic) bond motifs is 3. The molecule has 0 radical (unpaired) electrons. The van der Waals surface area contributed by atoms with Crippen molar-refractivity contribution >= 4 is 40.3 Å². The molecule has 4 aromatic rings. The third-order valence-electron chi connectivity index (χ3n) is 15.0. The molecule has 1 heterocycles. The molecule has 6 atom stereocenters. The zero-order valence-corrected chi connectivity index (χ0v) is 44.4. The highest BCUT2D eigenvalue weighted by Crippen LogP contribution is 2.62. The van der Waals surface area contributed by atoms with Crippen molar-refractivity contribution in [1.29, 1.82) is 0 Å².